The van der Waals surface area contributed by atoms with Crippen molar-refractivity contribution in [3.05, 3.63) is 90.5 Å². The summed E-state index contributed by atoms with van der Waals surface area (Å²) < 4.78 is 5.64. The summed E-state index contributed by atoms with van der Waals surface area (Å²) in [5.41, 5.74) is 5.14. The van der Waals surface area contributed by atoms with Crippen LogP contribution in [-0.2, 0) is 0 Å². The van der Waals surface area contributed by atoms with Gasteiger partial charge < -0.3 is 4.52 Å². The van der Waals surface area contributed by atoms with Crippen molar-refractivity contribution in [3.8, 4) is 22.6 Å². The quantitative estimate of drug-likeness (QED) is 0.387. The number of benzene rings is 3. The van der Waals surface area contributed by atoms with E-state index in [1.54, 1.807) is 0 Å². The first kappa shape index (κ1) is 16.0. The molecule has 0 N–H and O–H groups in total. The molecule has 0 fully saturated rings. The zero-order valence-corrected chi connectivity index (χ0v) is 14.3. The van der Waals surface area contributed by atoms with Gasteiger partial charge in [-0.15, -0.1) is 5.11 Å². The van der Waals surface area contributed by atoms with Gasteiger partial charge in [0.05, 0.1) is 5.69 Å². The van der Waals surface area contributed by atoms with Crippen LogP contribution in [0.5, 0.6) is 0 Å². The molecular weight excluding hydrogens is 322 g/mol. The fraction of sp³-hybridized carbons (Fsp3) is 0.0455. The lowest BCUT2D eigenvalue weighted by molar-refractivity contribution is 0.435. The molecule has 3 aromatic carbocycles. The first-order valence-electron chi connectivity index (χ1n) is 8.40. The average molecular weight is 339 g/mol. The second-order valence-corrected chi connectivity index (χ2v) is 5.98. The van der Waals surface area contributed by atoms with E-state index in [-0.39, 0.29) is 0 Å². The van der Waals surface area contributed by atoms with Crippen LogP contribution in [0.25, 0.3) is 22.6 Å². The molecule has 4 nitrogen and oxygen atoms in total. The van der Waals surface area contributed by atoms with E-state index in [1.165, 1.54) is 5.56 Å². The molecule has 0 bridgehead atoms. The third kappa shape index (κ3) is 3.30. The molecule has 0 spiro atoms. The SMILES string of the molecule is Cc1ccc(N=Nc2c(-c3ccccc3)noc2-c2ccccc2)cc1. The molecule has 0 aliphatic rings. The molecular formula is C22H17N3O. The Kier molecular flexibility index (Phi) is 4.39. The molecule has 0 aliphatic carbocycles. The van der Waals surface area contributed by atoms with Crippen LogP contribution >= 0.6 is 0 Å². The van der Waals surface area contributed by atoms with Gasteiger partial charge >= 0.3 is 0 Å². The monoisotopic (exact) mass is 339 g/mol. The minimum Gasteiger partial charge on any atom is -0.353 e. The highest BCUT2D eigenvalue weighted by molar-refractivity contribution is 5.82. The Balaban J connectivity index is 1.81. The summed E-state index contributed by atoms with van der Waals surface area (Å²) in [6, 6.07) is 27.6. The van der Waals surface area contributed by atoms with Crippen LogP contribution in [0.4, 0.5) is 11.4 Å². The summed E-state index contributed by atoms with van der Waals surface area (Å²) in [5.74, 6) is 0.611. The third-order valence-corrected chi connectivity index (χ3v) is 4.05. The summed E-state index contributed by atoms with van der Waals surface area (Å²) >= 11 is 0. The Bertz CT molecular complexity index is 963. The molecule has 4 rings (SSSR count). The van der Waals surface area contributed by atoms with Crippen LogP contribution in [0.1, 0.15) is 5.56 Å². The van der Waals surface area contributed by atoms with E-state index in [4.69, 9.17) is 4.52 Å². The number of hydrogen-bond acceptors (Lipinski definition) is 4. The van der Waals surface area contributed by atoms with Crippen LogP contribution < -0.4 is 0 Å². The molecule has 0 atom stereocenters. The van der Waals surface area contributed by atoms with Gasteiger partial charge in [-0.2, -0.15) is 5.11 Å². The van der Waals surface area contributed by atoms with Gasteiger partial charge in [0.25, 0.3) is 0 Å². The lowest BCUT2D eigenvalue weighted by Gasteiger charge is -1.99. The molecule has 0 saturated heterocycles. The highest BCUT2D eigenvalue weighted by atomic mass is 16.5. The molecule has 4 heteroatoms. The Hall–Kier alpha value is -3.53. The van der Waals surface area contributed by atoms with Crippen molar-refractivity contribution < 1.29 is 4.52 Å². The fourth-order valence-corrected chi connectivity index (χ4v) is 2.66. The van der Waals surface area contributed by atoms with Gasteiger partial charge in [-0.1, -0.05) is 83.5 Å². The summed E-state index contributed by atoms with van der Waals surface area (Å²) in [6.07, 6.45) is 0. The van der Waals surface area contributed by atoms with Crippen molar-refractivity contribution in [1.82, 2.24) is 5.16 Å². The Labute approximate surface area is 151 Å². The van der Waals surface area contributed by atoms with Crippen LogP contribution in [0.3, 0.4) is 0 Å². The van der Waals surface area contributed by atoms with Crippen molar-refractivity contribution in [2.75, 3.05) is 0 Å². The number of aromatic nitrogens is 1. The fourth-order valence-electron chi connectivity index (χ4n) is 2.66. The van der Waals surface area contributed by atoms with Crippen molar-refractivity contribution >= 4 is 11.4 Å². The van der Waals surface area contributed by atoms with E-state index >= 15 is 0 Å². The number of rotatable bonds is 4. The second kappa shape index (κ2) is 7.15. The maximum Gasteiger partial charge on any atom is 0.195 e. The molecule has 0 radical (unpaired) electrons. The predicted octanol–water partition coefficient (Wildman–Crippen LogP) is 6.73. The van der Waals surface area contributed by atoms with E-state index in [0.29, 0.717) is 17.1 Å². The zero-order valence-electron chi connectivity index (χ0n) is 14.3. The van der Waals surface area contributed by atoms with Gasteiger partial charge in [-0.05, 0) is 19.1 Å². The van der Waals surface area contributed by atoms with Gasteiger partial charge in [-0.25, -0.2) is 0 Å². The van der Waals surface area contributed by atoms with E-state index in [2.05, 4.69) is 15.4 Å². The van der Waals surface area contributed by atoms with Gasteiger partial charge in [0.1, 0.15) is 5.69 Å². The first-order chi connectivity index (χ1) is 12.8. The summed E-state index contributed by atoms with van der Waals surface area (Å²) in [6.45, 7) is 2.04. The predicted molar refractivity (Wildman–Crippen MR) is 103 cm³/mol. The molecule has 1 heterocycles. The van der Waals surface area contributed by atoms with Crippen LogP contribution in [0.15, 0.2) is 99.7 Å². The van der Waals surface area contributed by atoms with Crippen LogP contribution in [-0.4, -0.2) is 5.16 Å². The van der Waals surface area contributed by atoms with E-state index in [0.717, 1.165) is 16.8 Å². The summed E-state index contributed by atoms with van der Waals surface area (Å²) in [4.78, 5) is 0. The first-order valence-corrected chi connectivity index (χ1v) is 8.40. The standard InChI is InChI=1S/C22H17N3O/c1-16-12-14-19(15-13-16)23-24-21-20(17-8-4-2-5-9-17)25-26-22(21)18-10-6-3-7-11-18/h2-15H,1H3. The normalized spacial score (nSPS) is 11.1. The topological polar surface area (TPSA) is 50.8 Å². The summed E-state index contributed by atoms with van der Waals surface area (Å²) in [7, 11) is 0. The molecule has 0 amide bonds. The molecule has 0 aliphatic heterocycles. The Morgan fingerprint density at radius 2 is 1.31 bits per heavy atom. The zero-order chi connectivity index (χ0) is 17.8. The molecule has 0 saturated carbocycles. The highest BCUT2D eigenvalue weighted by Gasteiger charge is 2.19. The van der Waals surface area contributed by atoms with Crippen molar-refractivity contribution in [1.29, 1.82) is 0 Å². The Morgan fingerprint density at radius 3 is 1.96 bits per heavy atom. The number of hydrogen-bond donors (Lipinski definition) is 0. The average Bonchev–Trinajstić information content (AvgIpc) is 3.13. The van der Waals surface area contributed by atoms with Crippen LogP contribution in [0.2, 0.25) is 0 Å². The maximum absolute atomic E-state index is 5.64. The van der Waals surface area contributed by atoms with Gasteiger partial charge in [0.2, 0.25) is 0 Å². The van der Waals surface area contributed by atoms with E-state index in [1.807, 2.05) is 91.9 Å². The minimum atomic E-state index is 0.611. The van der Waals surface area contributed by atoms with Gasteiger partial charge in [0, 0.05) is 11.1 Å². The molecule has 4 aromatic rings. The smallest absolute Gasteiger partial charge is 0.195 e. The van der Waals surface area contributed by atoms with Crippen molar-refractivity contribution in [3.63, 3.8) is 0 Å². The lowest BCUT2D eigenvalue weighted by atomic mass is 10.1. The molecule has 126 valence electrons. The minimum absolute atomic E-state index is 0.611. The third-order valence-electron chi connectivity index (χ3n) is 4.05. The van der Waals surface area contributed by atoms with E-state index in [9.17, 15) is 0 Å². The maximum atomic E-state index is 5.64. The number of aryl methyl sites for hydroxylation is 1. The van der Waals surface area contributed by atoms with Gasteiger partial charge in [-0.3, -0.25) is 0 Å². The van der Waals surface area contributed by atoms with Crippen molar-refractivity contribution in [2.45, 2.75) is 6.92 Å². The van der Waals surface area contributed by atoms with Crippen LogP contribution in [0, 0.1) is 6.92 Å². The largest absolute Gasteiger partial charge is 0.353 e. The highest BCUT2D eigenvalue weighted by Crippen LogP contribution is 2.39. The second-order valence-electron chi connectivity index (χ2n) is 5.98. The number of nitrogens with zero attached hydrogens (tertiary/aromatic N) is 3. The van der Waals surface area contributed by atoms with E-state index < -0.39 is 0 Å². The molecule has 0 unspecified atom stereocenters. The van der Waals surface area contributed by atoms with Crippen molar-refractivity contribution in [2.24, 2.45) is 10.2 Å². The molecule has 26 heavy (non-hydrogen) atoms. The van der Waals surface area contributed by atoms with Gasteiger partial charge in [0.15, 0.2) is 11.4 Å². The number of azo groups is 1. The summed E-state index contributed by atoms with van der Waals surface area (Å²) in [5, 5.41) is 13.1. The Morgan fingerprint density at radius 1 is 0.692 bits per heavy atom. The molecule has 1 aromatic heterocycles. The lowest BCUT2D eigenvalue weighted by Crippen LogP contribution is -1.78.